The van der Waals surface area contributed by atoms with Crippen LogP contribution < -0.4 is 21.3 Å². The van der Waals surface area contributed by atoms with Crippen LogP contribution in [-0.4, -0.2) is 40.3 Å². The van der Waals surface area contributed by atoms with Crippen molar-refractivity contribution in [3.05, 3.63) is 73.9 Å². The molecule has 2 aromatic carbocycles. The Kier molecular flexibility index (Phi) is 5.09. The molecule has 8 nitrogen and oxygen atoms in total. The fourth-order valence-corrected chi connectivity index (χ4v) is 5.46. The molecule has 32 heavy (non-hydrogen) atoms. The van der Waals surface area contributed by atoms with Gasteiger partial charge < -0.3 is 20.1 Å². The first kappa shape index (κ1) is 20.5. The quantitative estimate of drug-likeness (QED) is 0.566. The zero-order chi connectivity index (χ0) is 22.4. The third-order valence-corrected chi connectivity index (χ3v) is 6.99. The number of ether oxygens (including phenoxy) is 1. The van der Waals surface area contributed by atoms with Crippen LogP contribution >= 0.6 is 0 Å². The number of fused-ring (bicyclic) bond motifs is 4. The molecule has 0 bridgehead atoms. The maximum atomic E-state index is 13.0. The Balaban J connectivity index is 1.43. The normalized spacial score (nSPS) is 21.8. The van der Waals surface area contributed by atoms with Crippen LogP contribution in [0.2, 0.25) is 0 Å². The van der Waals surface area contributed by atoms with Gasteiger partial charge in [-0.15, -0.1) is 0 Å². The molecule has 0 radical (unpaired) electrons. The van der Waals surface area contributed by atoms with E-state index in [-0.39, 0.29) is 23.7 Å². The third kappa shape index (κ3) is 3.31. The first-order valence-electron chi connectivity index (χ1n) is 10.9. The predicted molar refractivity (Wildman–Crippen MR) is 120 cm³/mol. The number of benzene rings is 2. The lowest BCUT2D eigenvalue weighted by molar-refractivity contribution is 0.0697. The minimum Gasteiger partial charge on any atom is -0.496 e. The minimum absolute atomic E-state index is 0.0258. The summed E-state index contributed by atoms with van der Waals surface area (Å²) in [6.45, 7) is 1.21. The van der Waals surface area contributed by atoms with E-state index < -0.39 is 17.2 Å². The molecule has 0 amide bonds. The Morgan fingerprint density at radius 1 is 1.25 bits per heavy atom. The zero-order valence-electron chi connectivity index (χ0n) is 17.8. The van der Waals surface area contributed by atoms with E-state index in [0.29, 0.717) is 23.6 Å². The summed E-state index contributed by atoms with van der Waals surface area (Å²) in [5, 5.41) is 13.1. The zero-order valence-corrected chi connectivity index (χ0v) is 17.8. The summed E-state index contributed by atoms with van der Waals surface area (Å²) in [7, 11) is 1.70. The highest BCUT2D eigenvalue weighted by Crippen LogP contribution is 2.45. The van der Waals surface area contributed by atoms with Crippen molar-refractivity contribution in [3.63, 3.8) is 0 Å². The highest BCUT2D eigenvalue weighted by atomic mass is 16.5. The molecule has 1 unspecified atom stereocenters. The fraction of sp³-hybridized carbons (Fsp3) is 0.375. The van der Waals surface area contributed by atoms with Gasteiger partial charge >= 0.3 is 11.7 Å². The SMILES string of the molecule is COc1cccc2c1CC[C@H]1CNC(CCn3c(=O)[nH]c4cc(C(=O)O)ccc4c3=O)[C@@H]21. The highest BCUT2D eigenvalue weighted by Gasteiger charge is 2.40. The van der Waals surface area contributed by atoms with E-state index in [0.717, 1.165) is 25.1 Å². The number of aromatic carboxylic acids is 1. The molecule has 1 aromatic heterocycles. The predicted octanol–water partition coefficient (Wildman–Crippen LogP) is 2.10. The van der Waals surface area contributed by atoms with Crippen molar-refractivity contribution >= 4 is 16.9 Å². The Morgan fingerprint density at radius 3 is 2.88 bits per heavy atom. The van der Waals surface area contributed by atoms with Crippen LogP contribution in [0.3, 0.4) is 0 Å². The molecule has 8 heteroatoms. The van der Waals surface area contributed by atoms with Crippen molar-refractivity contribution in [2.75, 3.05) is 13.7 Å². The number of nitrogens with one attached hydrogen (secondary N) is 2. The first-order valence-corrected chi connectivity index (χ1v) is 10.9. The molecule has 0 saturated carbocycles. The molecular weight excluding hydrogens is 410 g/mol. The van der Waals surface area contributed by atoms with Gasteiger partial charge in [-0.3, -0.25) is 9.36 Å². The number of carboxylic acid groups (broad SMARTS) is 1. The Hall–Kier alpha value is -3.39. The fourth-order valence-electron chi connectivity index (χ4n) is 5.46. The molecule has 1 aliphatic heterocycles. The van der Waals surface area contributed by atoms with Gasteiger partial charge in [0.25, 0.3) is 5.56 Å². The van der Waals surface area contributed by atoms with Crippen LogP contribution in [0.4, 0.5) is 0 Å². The summed E-state index contributed by atoms with van der Waals surface area (Å²) < 4.78 is 6.79. The van der Waals surface area contributed by atoms with E-state index in [1.54, 1.807) is 7.11 Å². The Bertz CT molecular complexity index is 1330. The van der Waals surface area contributed by atoms with Crippen LogP contribution in [0.5, 0.6) is 5.75 Å². The van der Waals surface area contributed by atoms with E-state index in [4.69, 9.17) is 9.84 Å². The van der Waals surface area contributed by atoms with Crippen molar-refractivity contribution < 1.29 is 14.6 Å². The number of aromatic nitrogens is 2. The van der Waals surface area contributed by atoms with Crippen molar-refractivity contribution in [1.29, 1.82) is 0 Å². The number of methoxy groups -OCH3 is 1. The monoisotopic (exact) mass is 435 g/mol. The van der Waals surface area contributed by atoms with E-state index in [9.17, 15) is 14.4 Å². The molecule has 3 aromatic rings. The number of H-pyrrole nitrogens is 1. The van der Waals surface area contributed by atoms with Crippen molar-refractivity contribution in [2.45, 2.75) is 37.8 Å². The van der Waals surface area contributed by atoms with Gasteiger partial charge in [-0.05, 0) is 67.1 Å². The lowest BCUT2D eigenvalue weighted by atomic mass is 9.73. The second kappa shape index (κ2) is 7.94. The molecule has 3 atom stereocenters. The van der Waals surface area contributed by atoms with Crippen molar-refractivity contribution in [1.82, 2.24) is 14.9 Å². The van der Waals surface area contributed by atoms with Gasteiger partial charge in [0.2, 0.25) is 0 Å². The number of aromatic amines is 1. The molecular formula is C24H25N3O5. The van der Waals surface area contributed by atoms with Crippen molar-refractivity contribution in [3.8, 4) is 5.75 Å². The van der Waals surface area contributed by atoms with Gasteiger partial charge in [0.05, 0.1) is 23.6 Å². The summed E-state index contributed by atoms with van der Waals surface area (Å²) in [5.41, 5.74) is 1.91. The first-order chi connectivity index (χ1) is 15.5. The smallest absolute Gasteiger partial charge is 0.335 e. The van der Waals surface area contributed by atoms with Crippen LogP contribution in [0.25, 0.3) is 10.9 Å². The molecule has 1 saturated heterocycles. The molecule has 3 N–H and O–H groups in total. The number of hydrogen-bond acceptors (Lipinski definition) is 5. The Morgan fingerprint density at radius 2 is 2.09 bits per heavy atom. The molecule has 2 aliphatic rings. The molecule has 5 rings (SSSR count). The maximum Gasteiger partial charge on any atom is 0.335 e. The molecule has 1 fully saturated rings. The van der Waals surface area contributed by atoms with E-state index in [2.05, 4.69) is 16.4 Å². The van der Waals surface area contributed by atoms with Crippen LogP contribution in [0.1, 0.15) is 40.2 Å². The van der Waals surface area contributed by atoms with Crippen molar-refractivity contribution in [2.24, 2.45) is 5.92 Å². The van der Waals surface area contributed by atoms with Crippen LogP contribution in [0.15, 0.2) is 46.0 Å². The van der Waals surface area contributed by atoms with Gasteiger partial charge in [-0.2, -0.15) is 0 Å². The molecule has 1 aliphatic carbocycles. The second-order valence-electron chi connectivity index (χ2n) is 8.61. The average molecular weight is 435 g/mol. The summed E-state index contributed by atoms with van der Waals surface area (Å²) in [5.74, 6) is 0.667. The topological polar surface area (TPSA) is 113 Å². The summed E-state index contributed by atoms with van der Waals surface area (Å²) >= 11 is 0. The third-order valence-electron chi connectivity index (χ3n) is 6.99. The lowest BCUT2D eigenvalue weighted by Crippen LogP contribution is -2.38. The maximum absolute atomic E-state index is 13.0. The number of rotatable bonds is 5. The van der Waals surface area contributed by atoms with Gasteiger partial charge in [-0.25, -0.2) is 9.59 Å². The largest absolute Gasteiger partial charge is 0.496 e. The average Bonchev–Trinajstić information content (AvgIpc) is 3.21. The van der Waals surface area contributed by atoms with Crippen LogP contribution in [0, 0.1) is 5.92 Å². The van der Waals surface area contributed by atoms with Crippen LogP contribution in [-0.2, 0) is 13.0 Å². The van der Waals surface area contributed by atoms with E-state index in [1.807, 2.05) is 12.1 Å². The lowest BCUT2D eigenvalue weighted by Gasteiger charge is -2.32. The summed E-state index contributed by atoms with van der Waals surface area (Å²) in [6, 6.07) is 10.5. The van der Waals surface area contributed by atoms with Gasteiger partial charge in [0, 0.05) is 18.5 Å². The number of hydrogen-bond donors (Lipinski definition) is 3. The number of nitrogens with zero attached hydrogens (tertiary/aromatic N) is 1. The summed E-state index contributed by atoms with van der Waals surface area (Å²) in [4.78, 5) is 39.4. The molecule has 2 heterocycles. The number of carboxylic acids is 1. The Labute approximate surface area is 183 Å². The van der Waals surface area contributed by atoms with Gasteiger partial charge in [-0.1, -0.05) is 12.1 Å². The van der Waals surface area contributed by atoms with E-state index >= 15 is 0 Å². The second-order valence-corrected chi connectivity index (χ2v) is 8.61. The minimum atomic E-state index is -1.11. The highest BCUT2D eigenvalue weighted by molar-refractivity contribution is 5.92. The van der Waals surface area contributed by atoms with Gasteiger partial charge in [0.1, 0.15) is 5.75 Å². The number of carbonyl (C=O) groups is 1. The summed E-state index contributed by atoms with van der Waals surface area (Å²) in [6.07, 6.45) is 2.72. The molecule has 166 valence electrons. The van der Waals surface area contributed by atoms with Gasteiger partial charge in [0.15, 0.2) is 0 Å². The van der Waals surface area contributed by atoms with E-state index in [1.165, 1.54) is 33.9 Å². The standard InChI is InChI=1S/C24H25N3O5/c1-32-20-4-2-3-16-15(20)7-6-14-12-25-18(21(14)16)9-10-27-22(28)17-8-5-13(23(29)30)11-19(17)26-24(27)31/h2-5,8,11,14,18,21,25H,6-7,9-10,12H2,1H3,(H,26,31)(H,29,30)/t14-,18?,21+/m0/s1. The molecule has 0 spiro atoms.